The predicted octanol–water partition coefficient (Wildman–Crippen LogP) is 2.54. The van der Waals surface area contributed by atoms with E-state index in [0.717, 1.165) is 19.3 Å². The topological polar surface area (TPSA) is 72.6 Å². The van der Waals surface area contributed by atoms with Gasteiger partial charge in [-0.25, -0.2) is 4.79 Å². The molecule has 0 saturated carbocycles. The molecule has 1 aliphatic rings. The fourth-order valence-corrected chi connectivity index (χ4v) is 2.51. The van der Waals surface area contributed by atoms with Gasteiger partial charge in [0.2, 0.25) is 0 Å². The van der Waals surface area contributed by atoms with E-state index in [-0.39, 0.29) is 17.2 Å². The predicted molar refractivity (Wildman–Crippen MR) is 86.9 cm³/mol. The summed E-state index contributed by atoms with van der Waals surface area (Å²) in [6.45, 7) is 12.7. The Hall–Kier alpha value is -0.940. The van der Waals surface area contributed by atoms with Crippen LogP contribution in [0.5, 0.6) is 0 Å². The first-order valence-corrected chi connectivity index (χ1v) is 8.18. The van der Waals surface area contributed by atoms with Crippen molar-refractivity contribution in [1.82, 2.24) is 5.06 Å². The number of carbonyl (C=O) groups is 2. The van der Waals surface area contributed by atoms with Gasteiger partial charge in [-0.1, -0.05) is 20.8 Å². The number of Topliss-reactive ketones (excluding diaryl/α,β-unsaturated/α-hetero) is 1. The van der Waals surface area contributed by atoms with Crippen LogP contribution in [0.3, 0.4) is 0 Å². The van der Waals surface area contributed by atoms with Crippen LogP contribution in [0.1, 0.15) is 60.8 Å². The fourth-order valence-electron chi connectivity index (χ4n) is 2.51. The summed E-state index contributed by atoms with van der Waals surface area (Å²) in [4.78, 5) is 29.4. The molecule has 0 aliphatic carbocycles. The van der Waals surface area contributed by atoms with Crippen LogP contribution in [0, 0.1) is 16.7 Å². The summed E-state index contributed by atoms with van der Waals surface area (Å²) in [5.74, 6) is 0.338. The second kappa shape index (κ2) is 7.09. The highest BCUT2D eigenvalue weighted by Gasteiger charge is 2.32. The van der Waals surface area contributed by atoms with E-state index in [0.29, 0.717) is 19.0 Å². The van der Waals surface area contributed by atoms with Gasteiger partial charge in [-0.2, -0.15) is 0 Å². The Morgan fingerprint density at radius 3 is 2.00 bits per heavy atom. The highest BCUT2D eigenvalue weighted by Crippen LogP contribution is 2.26. The van der Waals surface area contributed by atoms with Gasteiger partial charge in [-0.15, -0.1) is 5.06 Å². The molecule has 0 bridgehead atoms. The highest BCUT2D eigenvalue weighted by molar-refractivity contribution is 5.88. The van der Waals surface area contributed by atoms with Gasteiger partial charge in [-0.05, 0) is 46.0 Å². The Bertz CT molecular complexity index is 399. The summed E-state index contributed by atoms with van der Waals surface area (Å²) in [6.07, 6.45) is 2.53. The molecule has 2 N–H and O–H groups in total. The quantitative estimate of drug-likeness (QED) is 0.863. The molecule has 0 aromatic heterocycles. The standard InChI is InChI=1S/C17H32N2O3/c1-16(2,3)14(20)13(18)11-12-7-9-19(10-8-12)22-15(21)17(4,5)6/h12-13H,7-11,18H2,1-6H3. The zero-order valence-electron chi connectivity index (χ0n) is 14.9. The summed E-state index contributed by atoms with van der Waals surface area (Å²) < 4.78 is 0. The lowest BCUT2D eigenvalue weighted by molar-refractivity contribution is -0.206. The minimum atomic E-state index is -0.488. The molecule has 1 heterocycles. The van der Waals surface area contributed by atoms with Crippen molar-refractivity contribution >= 4 is 11.8 Å². The number of hydroxylamine groups is 2. The Morgan fingerprint density at radius 2 is 1.59 bits per heavy atom. The van der Waals surface area contributed by atoms with Crippen LogP contribution >= 0.6 is 0 Å². The first-order valence-electron chi connectivity index (χ1n) is 8.18. The Kier molecular flexibility index (Phi) is 6.16. The molecule has 0 spiro atoms. The summed E-state index contributed by atoms with van der Waals surface area (Å²) in [5, 5.41) is 1.74. The summed E-state index contributed by atoms with van der Waals surface area (Å²) >= 11 is 0. The van der Waals surface area contributed by atoms with Crippen LogP contribution < -0.4 is 5.73 Å². The number of nitrogens with zero attached hydrogens (tertiary/aromatic N) is 1. The lowest BCUT2D eigenvalue weighted by Crippen LogP contribution is -2.43. The van der Waals surface area contributed by atoms with Crippen molar-refractivity contribution in [2.75, 3.05) is 13.1 Å². The van der Waals surface area contributed by atoms with E-state index in [1.807, 2.05) is 41.5 Å². The molecule has 5 nitrogen and oxygen atoms in total. The maximum absolute atomic E-state index is 12.2. The van der Waals surface area contributed by atoms with Gasteiger partial charge in [0, 0.05) is 18.5 Å². The zero-order valence-corrected chi connectivity index (χ0v) is 14.9. The van der Waals surface area contributed by atoms with Crippen LogP contribution in [0.2, 0.25) is 0 Å². The number of rotatable bonds is 4. The third-order valence-electron chi connectivity index (χ3n) is 4.06. The van der Waals surface area contributed by atoms with Gasteiger partial charge in [0.1, 0.15) is 0 Å². The molecule has 1 saturated heterocycles. The molecular formula is C17H32N2O3. The second-order valence-corrected chi connectivity index (χ2v) is 8.46. The summed E-state index contributed by atoms with van der Waals surface area (Å²) in [7, 11) is 0. The number of ketones is 1. The molecule has 0 amide bonds. The van der Waals surface area contributed by atoms with E-state index in [9.17, 15) is 9.59 Å². The highest BCUT2D eigenvalue weighted by atomic mass is 16.7. The number of hydrogen-bond acceptors (Lipinski definition) is 5. The third kappa shape index (κ3) is 5.69. The molecule has 5 heteroatoms. The molecule has 128 valence electrons. The van der Waals surface area contributed by atoms with Crippen LogP contribution in [0.25, 0.3) is 0 Å². The summed E-state index contributed by atoms with van der Waals surface area (Å²) in [6, 6.07) is -0.395. The normalized spacial score (nSPS) is 19.8. The van der Waals surface area contributed by atoms with Gasteiger partial charge in [0.15, 0.2) is 5.78 Å². The van der Waals surface area contributed by atoms with E-state index < -0.39 is 11.5 Å². The van der Waals surface area contributed by atoms with Gasteiger partial charge in [-0.3, -0.25) is 4.79 Å². The first kappa shape index (κ1) is 19.1. The van der Waals surface area contributed by atoms with Gasteiger partial charge in [0.25, 0.3) is 0 Å². The monoisotopic (exact) mass is 312 g/mol. The third-order valence-corrected chi connectivity index (χ3v) is 4.06. The van der Waals surface area contributed by atoms with E-state index in [1.165, 1.54) is 0 Å². The van der Waals surface area contributed by atoms with Crippen molar-refractivity contribution in [1.29, 1.82) is 0 Å². The lowest BCUT2D eigenvalue weighted by Gasteiger charge is -2.33. The van der Waals surface area contributed by atoms with Crippen LogP contribution in [0.4, 0.5) is 0 Å². The minimum absolute atomic E-state index is 0.120. The van der Waals surface area contributed by atoms with Crippen molar-refractivity contribution in [3.63, 3.8) is 0 Å². The van der Waals surface area contributed by atoms with Crippen molar-refractivity contribution < 1.29 is 14.4 Å². The molecule has 1 atom stereocenters. The largest absolute Gasteiger partial charge is 0.367 e. The number of nitrogens with two attached hydrogens (primary N) is 1. The van der Waals surface area contributed by atoms with Gasteiger partial charge < -0.3 is 10.6 Å². The lowest BCUT2D eigenvalue weighted by atomic mass is 9.81. The maximum Gasteiger partial charge on any atom is 0.330 e. The molecule has 1 aliphatic heterocycles. The van der Waals surface area contributed by atoms with Gasteiger partial charge >= 0.3 is 5.97 Å². The molecule has 0 aromatic carbocycles. The number of piperidine rings is 1. The molecular weight excluding hydrogens is 280 g/mol. The molecule has 1 fully saturated rings. The Morgan fingerprint density at radius 1 is 1.09 bits per heavy atom. The second-order valence-electron chi connectivity index (χ2n) is 8.46. The maximum atomic E-state index is 12.2. The average Bonchev–Trinajstić information content (AvgIpc) is 2.37. The average molecular weight is 312 g/mol. The van der Waals surface area contributed by atoms with Gasteiger partial charge in [0.05, 0.1) is 11.5 Å². The molecule has 0 aromatic rings. The zero-order chi connectivity index (χ0) is 17.1. The van der Waals surface area contributed by atoms with Crippen LogP contribution in [0.15, 0.2) is 0 Å². The molecule has 1 unspecified atom stereocenters. The van der Waals surface area contributed by atoms with Crippen molar-refractivity contribution in [3.8, 4) is 0 Å². The van der Waals surface area contributed by atoms with E-state index >= 15 is 0 Å². The molecule has 0 radical (unpaired) electrons. The number of carbonyl (C=O) groups excluding carboxylic acids is 2. The summed E-state index contributed by atoms with van der Waals surface area (Å²) in [5.41, 5.74) is 5.18. The van der Waals surface area contributed by atoms with Crippen LogP contribution in [-0.4, -0.2) is 35.9 Å². The molecule has 1 rings (SSSR count). The number of hydrogen-bond donors (Lipinski definition) is 1. The van der Waals surface area contributed by atoms with E-state index in [1.54, 1.807) is 5.06 Å². The smallest absolute Gasteiger partial charge is 0.330 e. The minimum Gasteiger partial charge on any atom is -0.367 e. The Labute approximate surface area is 134 Å². The van der Waals surface area contributed by atoms with E-state index in [4.69, 9.17) is 10.6 Å². The van der Waals surface area contributed by atoms with E-state index in [2.05, 4.69) is 0 Å². The SMILES string of the molecule is CC(C)(C)C(=O)ON1CCC(CC(N)C(=O)C(C)(C)C)CC1. The van der Waals surface area contributed by atoms with Crippen molar-refractivity contribution in [3.05, 3.63) is 0 Å². The van der Waals surface area contributed by atoms with Crippen molar-refractivity contribution in [2.24, 2.45) is 22.5 Å². The first-order chi connectivity index (χ1) is 9.91. The Balaban J connectivity index is 2.40. The molecule has 22 heavy (non-hydrogen) atoms. The van der Waals surface area contributed by atoms with Crippen molar-refractivity contribution in [2.45, 2.75) is 66.8 Å². The van der Waals surface area contributed by atoms with Crippen LogP contribution in [-0.2, 0) is 14.4 Å². The fraction of sp³-hybridized carbons (Fsp3) is 0.882.